The minimum Gasteiger partial charge on any atom is -0.325 e. The van der Waals surface area contributed by atoms with Crippen LogP contribution in [0.25, 0.3) is 0 Å². The molecular formula is C7H9NO7S. The van der Waals surface area contributed by atoms with Gasteiger partial charge >= 0.3 is 16.4 Å². The Balaban J connectivity index is 2.43. The molecular weight excluding hydrogens is 242 g/mol. The van der Waals surface area contributed by atoms with Gasteiger partial charge in [0, 0.05) is 19.4 Å². The van der Waals surface area contributed by atoms with Crippen molar-refractivity contribution in [1.29, 1.82) is 0 Å². The average Bonchev–Trinajstić information content (AvgIpc) is 2.41. The topological polar surface area (TPSA) is 118 Å². The molecule has 1 rings (SSSR count). The van der Waals surface area contributed by atoms with Gasteiger partial charge in [-0.1, -0.05) is 0 Å². The van der Waals surface area contributed by atoms with Crippen molar-refractivity contribution in [1.82, 2.24) is 4.90 Å². The molecule has 0 saturated carbocycles. The average molecular weight is 251 g/mol. The van der Waals surface area contributed by atoms with Crippen molar-refractivity contribution in [3.05, 3.63) is 0 Å². The molecule has 90 valence electrons. The van der Waals surface area contributed by atoms with Crippen molar-refractivity contribution in [2.24, 2.45) is 0 Å². The van der Waals surface area contributed by atoms with Gasteiger partial charge in [-0.25, -0.2) is 0 Å². The molecule has 0 atom stereocenters. The maximum absolute atomic E-state index is 11.1. The van der Waals surface area contributed by atoms with Crippen LogP contribution >= 0.6 is 0 Å². The summed E-state index contributed by atoms with van der Waals surface area (Å²) < 4.78 is 32.0. The van der Waals surface area contributed by atoms with Crippen molar-refractivity contribution in [2.75, 3.05) is 6.54 Å². The Labute approximate surface area is 91.1 Å². The first kappa shape index (κ1) is 12.6. The molecule has 0 aromatic rings. The molecule has 1 fully saturated rings. The quantitative estimate of drug-likeness (QED) is 0.496. The second kappa shape index (κ2) is 4.58. The van der Waals surface area contributed by atoms with Gasteiger partial charge < -0.3 is 4.18 Å². The maximum atomic E-state index is 11.1. The molecule has 0 unspecified atom stereocenters. The van der Waals surface area contributed by atoms with E-state index in [4.69, 9.17) is 4.55 Å². The molecule has 9 heteroatoms. The second-order valence-corrected chi connectivity index (χ2v) is 4.09. The smallest absolute Gasteiger partial charge is 0.325 e. The normalized spacial score (nSPS) is 16.7. The zero-order chi connectivity index (χ0) is 12.3. The molecule has 1 aliphatic rings. The lowest BCUT2D eigenvalue weighted by atomic mass is 10.4. The maximum Gasteiger partial charge on any atom is 0.448 e. The fraction of sp³-hybridized carbons (Fsp3) is 0.571. The molecule has 8 nitrogen and oxygen atoms in total. The van der Waals surface area contributed by atoms with E-state index in [1.54, 1.807) is 0 Å². The summed E-state index contributed by atoms with van der Waals surface area (Å²) in [4.78, 5) is 33.8. The Bertz CT molecular complexity index is 410. The van der Waals surface area contributed by atoms with Crippen LogP contribution < -0.4 is 0 Å². The van der Waals surface area contributed by atoms with Crippen LogP contribution in [-0.2, 0) is 29.0 Å². The number of nitrogens with zero attached hydrogens (tertiary/aromatic N) is 1. The first-order valence-corrected chi connectivity index (χ1v) is 5.69. The first-order chi connectivity index (χ1) is 7.29. The molecule has 1 N–H and O–H groups in total. The highest BCUT2D eigenvalue weighted by Crippen LogP contribution is 2.12. The molecule has 0 bridgehead atoms. The minimum absolute atomic E-state index is 0.0895. The lowest BCUT2D eigenvalue weighted by Gasteiger charge is -2.11. The summed E-state index contributed by atoms with van der Waals surface area (Å²) in [6.45, 7) is -0.244. The summed E-state index contributed by atoms with van der Waals surface area (Å²) in [6.07, 6.45) is -0.296. The predicted molar refractivity (Wildman–Crippen MR) is 48.2 cm³/mol. The number of likely N-dealkylation sites (tertiary alicyclic amines) is 1. The number of hydrogen-bond donors (Lipinski definition) is 1. The van der Waals surface area contributed by atoms with Gasteiger partial charge in [0.25, 0.3) is 0 Å². The SMILES string of the molecule is O=C(CCN1C(=O)CCC1=O)OS(=O)(=O)O. The summed E-state index contributed by atoms with van der Waals surface area (Å²) in [5.74, 6) is -2.05. The Kier molecular flexibility index (Phi) is 3.60. The molecule has 1 aliphatic heterocycles. The van der Waals surface area contributed by atoms with Crippen molar-refractivity contribution in [3.8, 4) is 0 Å². The fourth-order valence-corrected chi connectivity index (χ4v) is 1.55. The molecule has 1 heterocycles. The zero-order valence-corrected chi connectivity index (χ0v) is 8.90. The van der Waals surface area contributed by atoms with Crippen LogP contribution in [-0.4, -0.2) is 42.2 Å². The summed E-state index contributed by atoms with van der Waals surface area (Å²) in [7, 11) is -4.83. The van der Waals surface area contributed by atoms with E-state index < -0.39 is 34.6 Å². The van der Waals surface area contributed by atoms with Crippen molar-refractivity contribution >= 4 is 28.2 Å². The van der Waals surface area contributed by atoms with E-state index in [0.717, 1.165) is 4.90 Å². The summed E-state index contributed by atoms with van der Waals surface area (Å²) in [6, 6.07) is 0. The number of amides is 2. The summed E-state index contributed by atoms with van der Waals surface area (Å²) >= 11 is 0. The molecule has 0 aromatic carbocycles. The Morgan fingerprint density at radius 2 is 1.81 bits per heavy atom. The van der Waals surface area contributed by atoms with Crippen molar-refractivity contribution < 1.29 is 31.5 Å². The van der Waals surface area contributed by atoms with Crippen LogP contribution in [0.1, 0.15) is 19.3 Å². The van der Waals surface area contributed by atoms with Crippen molar-refractivity contribution in [2.45, 2.75) is 19.3 Å². The van der Waals surface area contributed by atoms with Gasteiger partial charge in [0.05, 0.1) is 6.42 Å². The minimum atomic E-state index is -4.83. The van der Waals surface area contributed by atoms with Gasteiger partial charge in [-0.15, -0.1) is 0 Å². The molecule has 2 amide bonds. The van der Waals surface area contributed by atoms with Gasteiger partial charge in [0.2, 0.25) is 11.8 Å². The molecule has 16 heavy (non-hydrogen) atoms. The third kappa shape index (κ3) is 3.59. The van der Waals surface area contributed by atoms with Gasteiger partial charge in [0.15, 0.2) is 0 Å². The van der Waals surface area contributed by atoms with E-state index in [2.05, 4.69) is 4.18 Å². The van der Waals surface area contributed by atoms with E-state index in [-0.39, 0.29) is 19.4 Å². The number of imide groups is 1. The number of rotatable bonds is 4. The van der Waals surface area contributed by atoms with Crippen LogP contribution in [0.4, 0.5) is 0 Å². The predicted octanol–water partition coefficient (Wildman–Crippen LogP) is -1.13. The highest BCUT2D eigenvalue weighted by molar-refractivity contribution is 7.81. The van der Waals surface area contributed by atoms with Gasteiger partial charge in [-0.05, 0) is 0 Å². The number of carbonyl (C=O) groups is 3. The van der Waals surface area contributed by atoms with Crippen LogP contribution in [0.3, 0.4) is 0 Å². The van der Waals surface area contributed by atoms with E-state index in [0.29, 0.717) is 0 Å². The van der Waals surface area contributed by atoms with Crippen LogP contribution in [0.5, 0.6) is 0 Å². The third-order valence-electron chi connectivity index (χ3n) is 1.89. The van der Waals surface area contributed by atoms with Gasteiger partial charge in [0.1, 0.15) is 0 Å². The lowest BCUT2D eigenvalue weighted by molar-refractivity contribution is -0.140. The molecule has 0 aromatic heterocycles. The van der Waals surface area contributed by atoms with E-state index in [9.17, 15) is 22.8 Å². The summed E-state index contributed by atoms with van der Waals surface area (Å²) in [5.41, 5.74) is 0. The Morgan fingerprint density at radius 1 is 1.31 bits per heavy atom. The fourth-order valence-electron chi connectivity index (χ4n) is 1.23. The van der Waals surface area contributed by atoms with Crippen molar-refractivity contribution in [3.63, 3.8) is 0 Å². The van der Waals surface area contributed by atoms with E-state index in [1.807, 2.05) is 0 Å². The Hall–Kier alpha value is -1.48. The number of hydrogen-bond acceptors (Lipinski definition) is 6. The molecule has 0 radical (unpaired) electrons. The van der Waals surface area contributed by atoms with Crippen LogP contribution in [0.2, 0.25) is 0 Å². The van der Waals surface area contributed by atoms with Crippen LogP contribution in [0, 0.1) is 0 Å². The van der Waals surface area contributed by atoms with E-state index in [1.165, 1.54) is 0 Å². The number of carbonyl (C=O) groups excluding carboxylic acids is 3. The molecule has 1 saturated heterocycles. The molecule has 0 aliphatic carbocycles. The second-order valence-electron chi connectivity index (χ2n) is 3.07. The lowest BCUT2D eigenvalue weighted by Crippen LogP contribution is -2.31. The van der Waals surface area contributed by atoms with E-state index >= 15 is 0 Å². The van der Waals surface area contributed by atoms with Gasteiger partial charge in [-0.2, -0.15) is 8.42 Å². The third-order valence-corrected chi connectivity index (χ3v) is 2.29. The highest BCUT2D eigenvalue weighted by atomic mass is 32.3. The first-order valence-electron chi connectivity index (χ1n) is 4.32. The van der Waals surface area contributed by atoms with Crippen LogP contribution in [0.15, 0.2) is 0 Å². The zero-order valence-electron chi connectivity index (χ0n) is 8.08. The monoisotopic (exact) mass is 251 g/mol. The van der Waals surface area contributed by atoms with Gasteiger partial charge in [-0.3, -0.25) is 23.8 Å². The molecule has 0 spiro atoms. The largest absolute Gasteiger partial charge is 0.448 e. The highest BCUT2D eigenvalue weighted by Gasteiger charge is 2.29. The Morgan fingerprint density at radius 3 is 2.25 bits per heavy atom. The summed E-state index contributed by atoms with van der Waals surface area (Å²) in [5, 5.41) is 0. The standard InChI is InChI=1S/C7H9NO7S/c9-5-1-2-6(10)8(5)4-3-7(11)15-16(12,13)14/h1-4H2,(H,12,13,14).